The number of carbonyl (C=O) groups is 3. The second-order valence-electron chi connectivity index (χ2n) is 6.09. The minimum Gasteiger partial charge on any atom is -0.439 e. The van der Waals surface area contributed by atoms with Crippen molar-refractivity contribution in [1.29, 1.82) is 0 Å². The van der Waals surface area contributed by atoms with Crippen molar-refractivity contribution in [2.45, 2.75) is 57.7 Å². The van der Waals surface area contributed by atoms with Crippen LogP contribution in [0.5, 0.6) is 0 Å². The zero-order chi connectivity index (χ0) is 17.1. The van der Waals surface area contributed by atoms with Gasteiger partial charge >= 0.3 is 11.9 Å². The van der Waals surface area contributed by atoms with E-state index in [-0.39, 0.29) is 6.42 Å². The molecule has 0 bridgehead atoms. The molecular weight excluding hydrogens is 296 g/mol. The van der Waals surface area contributed by atoms with E-state index >= 15 is 0 Å². The first-order chi connectivity index (χ1) is 10.8. The monoisotopic (exact) mass is 318 g/mol. The van der Waals surface area contributed by atoms with Crippen LogP contribution in [-0.2, 0) is 29.5 Å². The molecule has 0 saturated carbocycles. The smallest absolute Gasteiger partial charge is 0.359 e. The summed E-state index contributed by atoms with van der Waals surface area (Å²) in [6, 6.07) is 8.64. The molecule has 1 saturated heterocycles. The molecule has 0 spiro atoms. The number of hydrogen-bond acceptors (Lipinski definition) is 5. The van der Waals surface area contributed by atoms with Gasteiger partial charge in [-0.2, -0.15) is 0 Å². The molecule has 5 heteroatoms. The number of hydrogen-bond donors (Lipinski definition) is 0. The molecule has 2 rings (SSSR count). The Labute approximate surface area is 136 Å². The number of ether oxygens (including phenoxy) is 2. The Kier molecular flexibility index (Phi) is 4.88. The summed E-state index contributed by atoms with van der Waals surface area (Å²) in [6.45, 7) is 4.81. The van der Waals surface area contributed by atoms with Gasteiger partial charge in [0.2, 0.25) is 5.60 Å². The van der Waals surface area contributed by atoms with Gasteiger partial charge in [-0.3, -0.25) is 4.79 Å². The fourth-order valence-electron chi connectivity index (χ4n) is 2.53. The summed E-state index contributed by atoms with van der Waals surface area (Å²) in [5.74, 6) is -1.96. The average Bonchev–Trinajstić information content (AvgIpc) is 2.54. The highest BCUT2D eigenvalue weighted by Crippen LogP contribution is 2.36. The van der Waals surface area contributed by atoms with Gasteiger partial charge in [-0.05, 0) is 20.3 Å². The van der Waals surface area contributed by atoms with Gasteiger partial charge in [-0.25, -0.2) is 9.59 Å². The van der Waals surface area contributed by atoms with Crippen molar-refractivity contribution < 1.29 is 23.9 Å². The van der Waals surface area contributed by atoms with Gasteiger partial charge in [0.25, 0.3) is 5.60 Å². The molecule has 1 aromatic carbocycles. The Morgan fingerprint density at radius 3 is 2.26 bits per heavy atom. The van der Waals surface area contributed by atoms with E-state index in [9.17, 15) is 14.4 Å². The fourth-order valence-corrected chi connectivity index (χ4v) is 2.53. The molecule has 0 aromatic heterocycles. The van der Waals surface area contributed by atoms with Crippen LogP contribution in [0.15, 0.2) is 30.3 Å². The molecule has 1 aliphatic rings. The number of cyclic esters (lactones) is 2. The molecule has 0 N–H and O–H groups in total. The molecule has 2 atom stereocenters. The number of carbonyl (C=O) groups excluding carboxylic acids is 3. The van der Waals surface area contributed by atoms with Crippen LogP contribution in [0.2, 0.25) is 0 Å². The van der Waals surface area contributed by atoms with Crippen molar-refractivity contribution in [3.05, 3.63) is 35.9 Å². The van der Waals surface area contributed by atoms with Gasteiger partial charge < -0.3 is 9.47 Å². The molecule has 0 aliphatic carbocycles. The summed E-state index contributed by atoms with van der Waals surface area (Å²) in [6.07, 6.45) is 2.69. The van der Waals surface area contributed by atoms with E-state index in [1.54, 1.807) is 30.3 Å². The second kappa shape index (κ2) is 6.52. The lowest BCUT2D eigenvalue weighted by atomic mass is 9.90. The summed E-state index contributed by atoms with van der Waals surface area (Å²) < 4.78 is 10.7. The van der Waals surface area contributed by atoms with Crippen molar-refractivity contribution in [2.75, 3.05) is 0 Å². The van der Waals surface area contributed by atoms with Gasteiger partial charge in [-0.1, -0.05) is 50.1 Å². The summed E-state index contributed by atoms with van der Waals surface area (Å²) in [5.41, 5.74) is -2.86. The number of benzene rings is 1. The van der Waals surface area contributed by atoms with E-state index in [0.717, 1.165) is 12.8 Å². The summed E-state index contributed by atoms with van der Waals surface area (Å²) in [4.78, 5) is 37.2. The van der Waals surface area contributed by atoms with Crippen molar-refractivity contribution in [1.82, 2.24) is 0 Å². The minimum atomic E-state index is -1.85. The third-order valence-electron chi connectivity index (χ3n) is 4.24. The molecule has 23 heavy (non-hydrogen) atoms. The maximum absolute atomic E-state index is 12.5. The molecule has 1 fully saturated rings. The first-order valence-corrected chi connectivity index (χ1v) is 7.90. The van der Waals surface area contributed by atoms with E-state index in [2.05, 4.69) is 0 Å². The van der Waals surface area contributed by atoms with Crippen LogP contribution in [0.4, 0.5) is 0 Å². The molecular formula is C18H22O5. The Morgan fingerprint density at radius 1 is 1.00 bits per heavy atom. The zero-order valence-corrected chi connectivity index (χ0v) is 13.8. The average molecular weight is 318 g/mol. The fraction of sp³-hybridized carbons (Fsp3) is 0.500. The van der Waals surface area contributed by atoms with Crippen LogP contribution >= 0.6 is 0 Å². The Morgan fingerprint density at radius 2 is 1.65 bits per heavy atom. The van der Waals surface area contributed by atoms with Gasteiger partial charge in [0, 0.05) is 12.0 Å². The summed E-state index contributed by atoms with van der Waals surface area (Å²) >= 11 is 0. The third-order valence-corrected chi connectivity index (χ3v) is 4.24. The predicted molar refractivity (Wildman–Crippen MR) is 83.5 cm³/mol. The predicted octanol–water partition coefficient (Wildman–Crippen LogP) is 2.91. The summed E-state index contributed by atoms with van der Waals surface area (Å²) in [7, 11) is 0. The zero-order valence-electron chi connectivity index (χ0n) is 13.8. The van der Waals surface area contributed by atoms with Gasteiger partial charge in [-0.15, -0.1) is 0 Å². The number of rotatable bonds is 6. The van der Waals surface area contributed by atoms with Crippen molar-refractivity contribution >= 4 is 17.7 Å². The van der Waals surface area contributed by atoms with Crippen LogP contribution in [0.1, 0.15) is 52.0 Å². The third kappa shape index (κ3) is 3.14. The minimum absolute atomic E-state index is 0.189. The molecule has 0 unspecified atom stereocenters. The number of Topliss-reactive ketones (excluding diaryl/α,β-unsaturated/α-hetero) is 1. The first kappa shape index (κ1) is 17.2. The van der Waals surface area contributed by atoms with Crippen molar-refractivity contribution in [3.8, 4) is 0 Å². The number of ketones is 1. The lowest BCUT2D eigenvalue weighted by Crippen LogP contribution is -2.59. The molecule has 5 nitrogen and oxygen atoms in total. The largest absolute Gasteiger partial charge is 0.439 e. The van der Waals surface area contributed by atoms with Crippen molar-refractivity contribution in [3.63, 3.8) is 0 Å². The van der Waals surface area contributed by atoms with Crippen LogP contribution < -0.4 is 0 Å². The van der Waals surface area contributed by atoms with Crippen LogP contribution in [-0.4, -0.2) is 23.3 Å². The second-order valence-corrected chi connectivity index (χ2v) is 6.09. The van der Waals surface area contributed by atoms with Crippen LogP contribution in [0, 0.1) is 0 Å². The maximum Gasteiger partial charge on any atom is 0.359 e. The van der Waals surface area contributed by atoms with Crippen LogP contribution in [0.25, 0.3) is 0 Å². The van der Waals surface area contributed by atoms with Gasteiger partial charge in [0.05, 0.1) is 0 Å². The molecule has 1 aliphatic heterocycles. The lowest BCUT2D eigenvalue weighted by molar-refractivity contribution is -0.223. The van der Waals surface area contributed by atoms with Gasteiger partial charge in [0.1, 0.15) is 0 Å². The Hall–Kier alpha value is -2.17. The highest BCUT2D eigenvalue weighted by molar-refractivity contribution is 6.10. The van der Waals surface area contributed by atoms with E-state index in [4.69, 9.17) is 9.47 Å². The molecule has 1 aromatic rings. The standard InChI is InChI=1S/C18H22O5/c1-4-5-7-12-14(19)18(3)16(21)22-17(2,15(20)23-18)13-10-8-6-9-11-13/h6,8-11H,4-5,7,12H2,1-3H3/t17-,18+/m0/s1. The van der Waals surface area contributed by atoms with E-state index in [1.807, 2.05) is 6.92 Å². The van der Waals surface area contributed by atoms with Crippen molar-refractivity contribution in [2.24, 2.45) is 0 Å². The molecule has 124 valence electrons. The highest BCUT2D eigenvalue weighted by atomic mass is 16.7. The molecule has 0 amide bonds. The quantitative estimate of drug-likeness (QED) is 0.458. The SMILES string of the molecule is CCCCCC(=O)[C@@]1(C)OC(=O)[C@](C)(c2ccccc2)OC1=O. The lowest BCUT2D eigenvalue weighted by Gasteiger charge is -2.39. The molecule has 0 radical (unpaired) electrons. The molecule has 1 heterocycles. The normalized spacial score (nSPS) is 27.3. The van der Waals surface area contributed by atoms with E-state index < -0.39 is 28.9 Å². The van der Waals surface area contributed by atoms with E-state index in [0.29, 0.717) is 12.0 Å². The number of esters is 2. The highest BCUT2D eigenvalue weighted by Gasteiger charge is 2.57. The van der Waals surface area contributed by atoms with Crippen LogP contribution in [0.3, 0.4) is 0 Å². The summed E-state index contributed by atoms with van der Waals surface area (Å²) in [5, 5.41) is 0. The Bertz CT molecular complexity index is 609. The van der Waals surface area contributed by atoms with Gasteiger partial charge in [0.15, 0.2) is 5.78 Å². The topological polar surface area (TPSA) is 69.7 Å². The number of unbranched alkanes of at least 4 members (excludes halogenated alkanes) is 2. The maximum atomic E-state index is 12.5. The Balaban J connectivity index is 2.21. The first-order valence-electron chi connectivity index (χ1n) is 7.90. The van der Waals surface area contributed by atoms with E-state index in [1.165, 1.54) is 13.8 Å².